The van der Waals surface area contributed by atoms with E-state index in [1.165, 1.54) is 0 Å². The minimum atomic E-state index is -6.36. The fourth-order valence-electron chi connectivity index (χ4n) is 5.65. The lowest BCUT2D eigenvalue weighted by Crippen LogP contribution is -2.37. The molecule has 1 aromatic carbocycles. The smallest absolute Gasteiger partial charge is 0.330 e. The minimum absolute atomic E-state index is 0. The molecule has 5 heterocycles. The molecule has 0 aliphatic carbocycles. The van der Waals surface area contributed by atoms with Crippen LogP contribution in [0.2, 0.25) is 0 Å². The number of aromatic nitrogens is 4. The summed E-state index contributed by atoms with van der Waals surface area (Å²) >= 11 is 0. The first-order valence-corrected chi connectivity index (χ1v) is 19.6. The first-order chi connectivity index (χ1) is 24.9. The summed E-state index contributed by atoms with van der Waals surface area (Å²) in [6.07, 6.45) is -10.7. The number of benzene rings is 1. The zero-order valence-electron chi connectivity index (χ0n) is 29.5. The van der Waals surface area contributed by atoms with Crippen LogP contribution in [0.25, 0.3) is 0 Å². The van der Waals surface area contributed by atoms with Crippen LogP contribution in [-0.2, 0) is 56.7 Å². The van der Waals surface area contributed by atoms with E-state index in [1.807, 2.05) is 9.97 Å². The fourth-order valence-corrected chi connectivity index (χ4v) is 9.03. The molecule has 4 N–H and O–H groups in total. The molecule has 0 bridgehead atoms. The van der Waals surface area contributed by atoms with Gasteiger partial charge in [0.25, 0.3) is 34.6 Å². The summed E-state index contributed by atoms with van der Waals surface area (Å²) in [5, 5.41) is 20.5. The molecule has 0 amide bonds. The van der Waals surface area contributed by atoms with Crippen molar-refractivity contribution in [1.82, 2.24) is 19.1 Å². The van der Waals surface area contributed by atoms with Gasteiger partial charge in [-0.3, -0.25) is 42.4 Å². The van der Waals surface area contributed by atoms with Gasteiger partial charge in [-0.05, 0) is 5.56 Å². The zero-order valence-corrected chi connectivity index (χ0v) is 32.2. The highest BCUT2D eigenvalue weighted by Crippen LogP contribution is 2.63. The molecule has 3 saturated heterocycles. The number of aliphatic hydroxyl groups is 2. The normalized spacial score (nSPS) is 30.1. The maximum Gasteiger partial charge on any atom is 0.330 e. The lowest BCUT2D eigenvalue weighted by Gasteiger charge is -2.35. The van der Waals surface area contributed by atoms with Gasteiger partial charge in [0.05, 0.1) is 13.2 Å². The summed E-state index contributed by atoms with van der Waals surface area (Å²) in [5.74, 6) is 0. The number of phosphoric ester groups is 2. The van der Waals surface area contributed by atoms with Crippen LogP contribution in [0.4, 0.5) is 0 Å². The van der Waals surface area contributed by atoms with Gasteiger partial charge in [-0.1, -0.05) is 30.3 Å². The Bertz CT molecular complexity index is 2180. The van der Waals surface area contributed by atoms with E-state index in [0.29, 0.717) is 4.57 Å². The standard InChI is InChI=1S/C26H31N4O20P3.3CH3/c31-16-6-8-29(25(35)27-16)23-20(34)19(33)14(45-23)11-43-51(37,38)49-53(41,42)50-52(39,40)44-12-15-21-22(24(46-15)30-9-7-17(32)28-26(30)36)48-18(47-21)10-13-4-2-1-3-5-13;;;/h1-9,14-15,18-24,33-34H,10-12H2,(H,37,38)(H,39,40)(H,41,42)(H,27,31,35)(H,28,32,36);3*1H3/q;3*+1/p-3/t14-,15+,18?,19?,20?,21?,22?,23-,24+;;;/m1.../s1. The Morgan fingerprint density at radius 1 is 0.643 bits per heavy atom. The molecule has 0 saturated carbocycles. The van der Waals surface area contributed by atoms with Gasteiger partial charge in [0, 0.05) is 53.2 Å². The quantitative estimate of drug-likeness (QED) is 0.0985. The van der Waals surface area contributed by atoms with Crippen molar-refractivity contribution in [2.75, 3.05) is 13.2 Å². The first kappa shape index (κ1) is 46.7. The number of aliphatic hydroxyl groups excluding tert-OH is 2. The predicted octanol–water partition coefficient (Wildman–Crippen LogP) is -2.22. The average molecular weight is 855 g/mol. The molecule has 0 radical (unpaired) electrons. The van der Waals surface area contributed by atoms with Crippen LogP contribution in [-0.4, -0.2) is 85.4 Å². The van der Waals surface area contributed by atoms with Gasteiger partial charge < -0.3 is 52.9 Å². The summed E-state index contributed by atoms with van der Waals surface area (Å²) in [6.45, 7) is -2.23. The highest BCUT2D eigenvalue weighted by molar-refractivity contribution is 7.65. The molecule has 3 aromatic rings. The molecule has 24 nitrogen and oxygen atoms in total. The van der Waals surface area contributed by atoms with Crippen molar-refractivity contribution >= 4 is 23.5 Å². The lowest BCUT2D eigenvalue weighted by molar-refractivity contribution is -0.253. The number of nitrogens with one attached hydrogen (secondary N) is 2. The van der Waals surface area contributed by atoms with E-state index in [1.54, 1.807) is 30.3 Å². The van der Waals surface area contributed by atoms with Crippen LogP contribution in [0.3, 0.4) is 0 Å². The number of nitrogens with zero attached hydrogens (tertiary/aromatic N) is 2. The Labute approximate surface area is 316 Å². The second kappa shape index (κ2) is 18.3. The zero-order chi connectivity index (χ0) is 38.3. The van der Waals surface area contributed by atoms with Crippen molar-refractivity contribution in [1.29, 1.82) is 0 Å². The van der Waals surface area contributed by atoms with E-state index < -0.39 is 115 Å². The Morgan fingerprint density at radius 2 is 1.12 bits per heavy atom. The van der Waals surface area contributed by atoms with Gasteiger partial charge in [0.2, 0.25) is 0 Å². The molecule has 27 heteroatoms. The maximum atomic E-state index is 12.5. The molecular weight excluding hydrogens is 817 g/mol. The van der Waals surface area contributed by atoms with E-state index in [-0.39, 0.29) is 28.7 Å². The van der Waals surface area contributed by atoms with Crippen molar-refractivity contribution < 1.29 is 75.2 Å². The van der Waals surface area contributed by atoms with E-state index in [4.69, 9.17) is 18.9 Å². The molecule has 8 unspecified atom stereocenters. The first-order valence-electron chi connectivity index (χ1n) is 15.2. The van der Waals surface area contributed by atoms with E-state index in [2.05, 4.69) is 17.7 Å². The maximum absolute atomic E-state index is 12.5. The van der Waals surface area contributed by atoms with Crippen LogP contribution in [0.15, 0.2) is 74.0 Å². The fraction of sp³-hybridized carbons (Fsp3) is 0.414. The SMILES string of the molecule is O=c1ccn([C@@H]2O[C@H](COP(=O)([O-])OP(=O)([O-])OP(=O)([O-])OC[C@@H]3O[C@H](n4ccc(=O)[nH]c4=O)C4OC(Cc5ccccc5)OC43)C(O)C2O)c(=O)[nH]1.[CH3+].[CH3+].[CH3+]. The summed E-state index contributed by atoms with van der Waals surface area (Å²) in [7, 11) is -18.4. The second-order valence-corrected chi connectivity index (χ2v) is 16.1. The molecule has 56 heavy (non-hydrogen) atoms. The van der Waals surface area contributed by atoms with Crippen molar-refractivity contribution in [2.24, 2.45) is 0 Å². The van der Waals surface area contributed by atoms with E-state index in [9.17, 15) is 57.8 Å². The predicted molar refractivity (Wildman–Crippen MR) is 182 cm³/mol. The summed E-state index contributed by atoms with van der Waals surface area (Å²) in [5.41, 5.74) is -2.67. The molecule has 0 spiro atoms. The van der Waals surface area contributed by atoms with Crippen molar-refractivity contribution in [3.05, 3.63) is 124 Å². The Morgan fingerprint density at radius 3 is 1.66 bits per heavy atom. The monoisotopic (exact) mass is 854 g/mol. The molecule has 3 aliphatic rings. The van der Waals surface area contributed by atoms with Gasteiger partial charge >= 0.3 is 11.4 Å². The summed E-state index contributed by atoms with van der Waals surface area (Å²) in [4.78, 5) is 88.5. The van der Waals surface area contributed by atoms with Gasteiger partial charge in [0.15, 0.2) is 18.7 Å². The Hall–Kier alpha value is -3.64. The third-order valence-corrected chi connectivity index (χ3v) is 12.1. The van der Waals surface area contributed by atoms with Gasteiger partial charge in [-0.2, -0.15) is 0 Å². The Balaban J connectivity index is 0.00000280. The number of ether oxygens (including phenoxy) is 4. The third-order valence-electron chi connectivity index (χ3n) is 7.93. The van der Waals surface area contributed by atoms with Crippen LogP contribution in [0, 0.1) is 22.3 Å². The summed E-state index contributed by atoms with van der Waals surface area (Å²) < 4.78 is 78.4. The van der Waals surface area contributed by atoms with Gasteiger partial charge in [-0.25, -0.2) is 18.2 Å². The topological polar surface area (TPSA) is 344 Å². The molecule has 3 fully saturated rings. The lowest BCUT2D eigenvalue weighted by atomic mass is 10.1. The number of phosphoric acid groups is 3. The minimum Gasteiger partial charge on any atom is -0.756 e. The Kier molecular flexibility index (Phi) is 15.3. The molecule has 3 aliphatic heterocycles. The largest absolute Gasteiger partial charge is 0.756 e. The number of H-pyrrole nitrogens is 2. The number of hydrogen-bond donors (Lipinski definition) is 4. The molecular formula is C29H37N4O20P3. The number of hydrogen-bond acceptors (Lipinski definition) is 20. The van der Waals surface area contributed by atoms with Crippen LogP contribution in [0.5, 0.6) is 0 Å². The molecule has 308 valence electrons. The number of rotatable bonds is 14. The van der Waals surface area contributed by atoms with E-state index >= 15 is 0 Å². The number of fused-ring (bicyclic) bond motifs is 1. The highest BCUT2D eigenvalue weighted by Gasteiger charge is 2.54. The molecule has 2 aromatic heterocycles. The third kappa shape index (κ3) is 10.8. The van der Waals surface area contributed by atoms with Crippen molar-refractivity contribution in [3.8, 4) is 0 Å². The average Bonchev–Trinajstić information content (AvgIpc) is 3.70. The van der Waals surface area contributed by atoms with Crippen LogP contribution >= 0.6 is 23.5 Å². The highest BCUT2D eigenvalue weighted by atomic mass is 31.3. The molecule has 6 rings (SSSR count). The van der Waals surface area contributed by atoms with Crippen LogP contribution < -0.4 is 37.2 Å². The van der Waals surface area contributed by atoms with Gasteiger partial charge in [-0.15, -0.1) is 0 Å². The number of aromatic amines is 2. The second-order valence-electron chi connectivity index (χ2n) is 11.6. The summed E-state index contributed by atoms with van der Waals surface area (Å²) in [6, 6.07) is 10.8. The van der Waals surface area contributed by atoms with Crippen molar-refractivity contribution in [3.63, 3.8) is 0 Å². The molecule has 12 atom stereocenters. The van der Waals surface area contributed by atoms with E-state index in [0.717, 1.165) is 34.7 Å². The van der Waals surface area contributed by atoms with Crippen LogP contribution in [0.1, 0.15) is 18.0 Å². The van der Waals surface area contributed by atoms with Crippen molar-refractivity contribution in [2.45, 2.75) is 61.8 Å². The van der Waals surface area contributed by atoms with Gasteiger partial charge in [0.1, 0.15) is 36.6 Å².